The van der Waals surface area contributed by atoms with E-state index in [1.54, 1.807) is 42.5 Å². The summed E-state index contributed by atoms with van der Waals surface area (Å²) in [6, 6.07) is 17.5. The van der Waals surface area contributed by atoms with Gasteiger partial charge in [0.2, 0.25) is 11.8 Å². The highest BCUT2D eigenvalue weighted by molar-refractivity contribution is 7.92. The lowest BCUT2D eigenvalue weighted by molar-refractivity contribution is -0.115. The van der Waals surface area contributed by atoms with Gasteiger partial charge in [0.05, 0.1) is 24.8 Å². The standard InChI is InChI=1S/C25H27N3O6S/c1-17-8-11-22(12-9-17)35(31,32)28(21-10-13-23(33-3)24(15-21)34-4)16-25(30)27-20-7-5-6-19(14-20)26-18(2)29/h5-15H,16H2,1-4H3,(H,26,29)(H,27,30). The van der Waals surface area contributed by atoms with Crippen molar-refractivity contribution in [2.24, 2.45) is 0 Å². The predicted octanol–water partition coefficient (Wildman–Crippen LogP) is 3.80. The van der Waals surface area contributed by atoms with E-state index in [1.165, 1.54) is 45.4 Å². The van der Waals surface area contributed by atoms with E-state index in [2.05, 4.69) is 10.6 Å². The summed E-state index contributed by atoms with van der Waals surface area (Å²) in [7, 11) is -1.19. The zero-order valence-electron chi connectivity index (χ0n) is 19.9. The first kappa shape index (κ1) is 25.6. The third-order valence-electron chi connectivity index (χ3n) is 5.02. The topological polar surface area (TPSA) is 114 Å². The first-order valence-electron chi connectivity index (χ1n) is 10.6. The van der Waals surface area contributed by atoms with Gasteiger partial charge in [-0.15, -0.1) is 0 Å². The number of ether oxygens (including phenoxy) is 2. The van der Waals surface area contributed by atoms with Crippen molar-refractivity contribution in [3.05, 3.63) is 72.3 Å². The average Bonchev–Trinajstić information content (AvgIpc) is 2.82. The highest BCUT2D eigenvalue weighted by Gasteiger charge is 2.28. The number of hydrogen-bond donors (Lipinski definition) is 2. The molecule has 0 saturated carbocycles. The Labute approximate surface area is 204 Å². The van der Waals surface area contributed by atoms with Crippen LogP contribution in [0.5, 0.6) is 11.5 Å². The fraction of sp³-hybridized carbons (Fsp3) is 0.200. The Balaban J connectivity index is 1.96. The second-order valence-electron chi connectivity index (χ2n) is 7.67. The first-order valence-corrected chi connectivity index (χ1v) is 12.1. The molecule has 0 aliphatic heterocycles. The van der Waals surface area contributed by atoms with Crippen LogP contribution in [0.1, 0.15) is 12.5 Å². The van der Waals surface area contributed by atoms with Gasteiger partial charge in [-0.3, -0.25) is 13.9 Å². The molecule has 0 bridgehead atoms. The number of benzene rings is 3. The Morgan fingerprint density at radius 3 is 2.09 bits per heavy atom. The number of aryl methyl sites for hydroxylation is 1. The monoisotopic (exact) mass is 497 g/mol. The van der Waals surface area contributed by atoms with Crippen LogP contribution in [0.15, 0.2) is 71.6 Å². The minimum Gasteiger partial charge on any atom is -0.493 e. The highest BCUT2D eigenvalue weighted by Crippen LogP contribution is 2.34. The van der Waals surface area contributed by atoms with Gasteiger partial charge in [0, 0.05) is 24.4 Å². The second-order valence-corrected chi connectivity index (χ2v) is 9.54. The maximum absolute atomic E-state index is 13.6. The highest BCUT2D eigenvalue weighted by atomic mass is 32.2. The van der Waals surface area contributed by atoms with E-state index in [9.17, 15) is 18.0 Å². The molecule has 0 aromatic heterocycles. The first-order chi connectivity index (χ1) is 16.6. The van der Waals surface area contributed by atoms with Crippen LogP contribution in [0, 0.1) is 6.92 Å². The molecule has 3 aromatic carbocycles. The molecule has 9 nitrogen and oxygen atoms in total. The van der Waals surface area contributed by atoms with Crippen molar-refractivity contribution in [1.82, 2.24) is 0 Å². The number of methoxy groups -OCH3 is 2. The van der Waals surface area contributed by atoms with Crippen molar-refractivity contribution in [1.29, 1.82) is 0 Å². The third-order valence-corrected chi connectivity index (χ3v) is 6.81. The molecule has 0 aliphatic rings. The summed E-state index contributed by atoms with van der Waals surface area (Å²) >= 11 is 0. The van der Waals surface area contributed by atoms with Gasteiger partial charge in [0.1, 0.15) is 6.54 Å². The van der Waals surface area contributed by atoms with Gasteiger partial charge in [-0.25, -0.2) is 8.42 Å². The van der Waals surface area contributed by atoms with E-state index in [4.69, 9.17) is 9.47 Å². The van der Waals surface area contributed by atoms with Gasteiger partial charge in [0.15, 0.2) is 11.5 Å². The molecule has 35 heavy (non-hydrogen) atoms. The number of anilines is 3. The number of carbonyl (C=O) groups excluding carboxylic acids is 2. The molecule has 0 aliphatic carbocycles. The summed E-state index contributed by atoms with van der Waals surface area (Å²) in [6.07, 6.45) is 0. The van der Waals surface area contributed by atoms with E-state index in [1.807, 2.05) is 6.92 Å². The van der Waals surface area contributed by atoms with E-state index in [0.29, 0.717) is 22.9 Å². The van der Waals surface area contributed by atoms with Crippen LogP contribution in [0.25, 0.3) is 0 Å². The molecule has 0 saturated heterocycles. The molecule has 10 heteroatoms. The quantitative estimate of drug-likeness (QED) is 0.465. The molecular formula is C25H27N3O6S. The largest absolute Gasteiger partial charge is 0.493 e. The van der Waals surface area contributed by atoms with Crippen LogP contribution < -0.4 is 24.4 Å². The summed E-state index contributed by atoms with van der Waals surface area (Å²) < 4.78 is 38.8. The van der Waals surface area contributed by atoms with Gasteiger partial charge in [-0.2, -0.15) is 0 Å². The lowest BCUT2D eigenvalue weighted by Crippen LogP contribution is -2.38. The number of nitrogens with one attached hydrogen (secondary N) is 2. The number of sulfonamides is 1. The normalized spacial score (nSPS) is 10.9. The maximum atomic E-state index is 13.6. The lowest BCUT2D eigenvalue weighted by Gasteiger charge is -2.25. The number of carbonyl (C=O) groups is 2. The van der Waals surface area contributed by atoms with Crippen molar-refractivity contribution in [2.75, 3.05) is 35.7 Å². The summed E-state index contributed by atoms with van der Waals surface area (Å²) in [5, 5.41) is 5.32. The van der Waals surface area contributed by atoms with Crippen LogP contribution in [-0.2, 0) is 19.6 Å². The van der Waals surface area contributed by atoms with Crippen molar-refractivity contribution in [3.63, 3.8) is 0 Å². The molecule has 184 valence electrons. The van der Waals surface area contributed by atoms with Crippen LogP contribution in [0.4, 0.5) is 17.1 Å². The summed E-state index contributed by atoms with van der Waals surface area (Å²) in [6.45, 7) is 2.73. The molecule has 0 radical (unpaired) electrons. The fourth-order valence-corrected chi connectivity index (χ4v) is 4.75. The lowest BCUT2D eigenvalue weighted by atomic mass is 10.2. The Bertz CT molecular complexity index is 1320. The van der Waals surface area contributed by atoms with Gasteiger partial charge in [0.25, 0.3) is 10.0 Å². The number of nitrogens with zero attached hydrogens (tertiary/aromatic N) is 1. The molecule has 3 rings (SSSR count). The number of amides is 2. The Kier molecular flexibility index (Phi) is 7.98. The van der Waals surface area contributed by atoms with Gasteiger partial charge in [-0.1, -0.05) is 23.8 Å². The summed E-state index contributed by atoms with van der Waals surface area (Å²) in [5.41, 5.74) is 2.03. The Hall–Kier alpha value is -4.05. The third kappa shape index (κ3) is 6.30. The minimum atomic E-state index is -4.11. The van der Waals surface area contributed by atoms with Crippen LogP contribution in [0.3, 0.4) is 0 Å². The van der Waals surface area contributed by atoms with E-state index >= 15 is 0 Å². The second kappa shape index (κ2) is 10.9. The van der Waals surface area contributed by atoms with E-state index in [0.717, 1.165) is 9.87 Å². The molecular weight excluding hydrogens is 470 g/mol. The predicted molar refractivity (Wildman–Crippen MR) is 135 cm³/mol. The van der Waals surface area contributed by atoms with Gasteiger partial charge in [-0.05, 0) is 49.4 Å². The molecule has 0 spiro atoms. The average molecular weight is 498 g/mol. The Morgan fingerprint density at radius 2 is 1.49 bits per heavy atom. The summed E-state index contributed by atoms with van der Waals surface area (Å²) in [4.78, 5) is 24.3. The van der Waals surface area contributed by atoms with Crippen molar-refractivity contribution < 1.29 is 27.5 Å². The minimum absolute atomic E-state index is 0.0401. The van der Waals surface area contributed by atoms with E-state index < -0.39 is 22.5 Å². The molecule has 2 amide bonds. The van der Waals surface area contributed by atoms with Gasteiger partial charge >= 0.3 is 0 Å². The zero-order chi connectivity index (χ0) is 25.6. The van der Waals surface area contributed by atoms with Crippen molar-refractivity contribution >= 4 is 38.9 Å². The maximum Gasteiger partial charge on any atom is 0.264 e. The summed E-state index contributed by atoms with van der Waals surface area (Å²) in [5.74, 6) is -0.0894. The Morgan fingerprint density at radius 1 is 0.857 bits per heavy atom. The van der Waals surface area contributed by atoms with Crippen LogP contribution in [-0.4, -0.2) is 41.0 Å². The molecule has 3 aromatic rings. The zero-order valence-corrected chi connectivity index (χ0v) is 20.7. The van der Waals surface area contributed by atoms with Crippen molar-refractivity contribution in [3.8, 4) is 11.5 Å². The fourth-order valence-electron chi connectivity index (χ4n) is 3.34. The molecule has 0 heterocycles. The van der Waals surface area contributed by atoms with Crippen LogP contribution >= 0.6 is 0 Å². The van der Waals surface area contributed by atoms with E-state index in [-0.39, 0.29) is 16.5 Å². The smallest absolute Gasteiger partial charge is 0.264 e. The molecule has 0 atom stereocenters. The molecule has 2 N–H and O–H groups in total. The van der Waals surface area contributed by atoms with Gasteiger partial charge < -0.3 is 20.1 Å². The SMILES string of the molecule is COc1ccc(N(CC(=O)Nc2cccc(NC(C)=O)c2)S(=O)(=O)c2ccc(C)cc2)cc1OC. The molecule has 0 unspecified atom stereocenters. The number of hydrogen-bond acceptors (Lipinski definition) is 6. The van der Waals surface area contributed by atoms with Crippen molar-refractivity contribution in [2.45, 2.75) is 18.7 Å². The molecule has 0 fully saturated rings. The number of rotatable bonds is 9. The van der Waals surface area contributed by atoms with Crippen LogP contribution in [0.2, 0.25) is 0 Å².